The van der Waals surface area contributed by atoms with E-state index >= 15 is 0 Å². The van der Waals surface area contributed by atoms with Gasteiger partial charge in [0.25, 0.3) is 0 Å². The van der Waals surface area contributed by atoms with Gasteiger partial charge in [-0.1, -0.05) is 20.3 Å². The molecule has 7 nitrogen and oxygen atoms in total. The van der Waals surface area contributed by atoms with Crippen molar-refractivity contribution in [1.82, 2.24) is 20.9 Å². The van der Waals surface area contributed by atoms with Gasteiger partial charge in [-0.2, -0.15) is 0 Å². The molecule has 1 atom stereocenters. The topological polar surface area (TPSA) is 89.0 Å². The molecular weight excluding hydrogens is 469 g/mol. The molecule has 1 aliphatic heterocycles. The minimum Gasteiger partial charge on any atom is -0.396 e. The van der Waals surface area contributed by atoms with Gasteiger partial charge in [0.05, 0.1) is 6.54 Å². The smallest absolute Gasteiger partial charge is 0.234 e. The molecule has 8 heteroatoms. The van der Waals surface area contributed by atoms with E-state index in [1.807, 2.05) is 0 Å². The first-order valence-corrected chi connectivity index (χ1v) is 10.8. The third kappa shape index (κ3) is 12.1. The molecule has 0 aromatic heterocycles. The van der Waals surface area contributed by atoms with Gasteiger partial charge >= 0.3 is 0 Å². The van der Waals surface area contributed by atoms with E-state index in [0.29, 0.717) is 18.5 Å². The summed E-state index contributed by atoms with van der Waals surface area (Å²) >= 11 is 0. The maximum absolute atomic E-state index is 11.9. The summed E-state index contributed by atoms with van der Waals surface area (Å²) in [5, 5.41) is 19.0. The van der Waals surface area contributed by atoms with E-state index in [4.69, 9.17) is 4.99 Å². The highest BCUT2D eigenvalue weighted by atomic mass is 127. The maximum Gasteiger partial charge on any atom is 0.234 e. The number of halogens is 1. The highest BCUT2D eigenvalue weighted by molar-refractivity contribution is 14.0. The van der Waals surface area contributed by atoms with Gasteiger partial charge in [0.2, 0.25) is 5.91 Å². The van der Waals surface area contributed by atoms with E-state index in [0.717, 1.165) is 77.2 Å². The van der Waals surface area contributed by atoms with Crippen LogP contribution in [0.1, 0.15) is 59.3 Å². The number of aliphatic hydroxyl groups excluding tert-OH is 1. The summed E-state index contributed by atoms with van der Waals surface area (Å²) in [5.74, 6) is 1.44. The van der Waals surface area contributed by atoms with Crippen LogP contribution in [0.2, 0.25) is 0 Å². The molecule has 1 heterocycles. The Bertz CT molecular complexity index is 423. The fourth-order valence-corrected chi connectivity index (χ4v) is 3.41. The van der Waals surface area contributed by atoms with Gasteiger partial charge in [-0.15, -0.1) is 24.0 Å². The van der Waals surface area contributed by atoms with E-state index in [1.165, 1.54) is 0 Å². The minimum absolute atomic E-state index is 0. The Morgan fingerprint density at radius 3 is 2.43 bits per heavy atom. The standard InChI is InChI=1S/C20H41N5O2.HI/c1-4-7-17(10-14-26)15-23-20(21-6-3)24-18-8-12-25(13-9-18)16-19(27)22-11-5-2;/h17-18,26H,4-16H2,1-3H3,(H,22,27)(H2,21,23,24);1H. The van der Waals surface area contributed by atoms with Crippen molar-refractivity contribution in [3.05, 3.63) is 0 Å². The number of nitrogens with one attached hydrogen (secondary N) is 3. The van der Waals surface area contributed by atoms with E-state index in [2.05, 4.69) is 41.6 Å². The van der Waals surface area contributed by atoms with Crippen molar-refractivity contribution in [3.63, 3.8) is 0 Å². The zero-order chi connectivity index (χ0) is 19.9. The van der Waals surface area contributed by atoms with Crippen LogP contribution < -0.4 is 16.0 Å². The molecule has 0 aromatic rings. The Labute approximate surface area is 188 Å². The van der Waals surface area contributed by atoms with Gasteiger partial charge in [0.15, 0.2) is 5.96 Å². The van der Waals surface area contributed by atoms with Crippen molar-refractivity contribution >= 4 is 35.8 Å². The van der Waals surface area contributed by atoms with Gasteiger partial charge in [0, 0.05) is 45.4 Å². The summed E-state index contributed by atoms with van der Waals surface area (Å²) in [6.07, 6.45) is 6.04. The first kappa shape index (κ1) is 27.4. The number of aliphatic imine (C=N–C) groups is 1. The SMILES string of the molecule is CCCNC(=O)CN1CCC(NC(=NCC(CCC)CCO)NCC)CC1.I. The molecule has 0 radical (unpaired) electrons. The quantitative estimate of drug-likeness (QED) is 0.183. The molecule has 0 bridgehead atoms. The van der Waals surface area contributed by atoms with Crippen LogP contribution in [-0.2, 0) is 4.79 Å². The van der Waals surface area contributed by atoms with Gasteiger partial charge in [-0.25, -0.2) is 0 Å². The predicted molar refractivity (Wildman–Crippen MR) is 127 cm³/mol. The van der Waals surface area contributed by atoms with Gasteiger partial charge in [0.1, 0.15) is 0 Å². The normalized spacial score (nSPS) is 16.9. The Balaban J connectivity index is 0.00000729. The van der Waals surface area contributed by atoms with Crippen LogP contribution in [0.4, 0.5) is 0 Å². The van der Waals surface area contributed by atoms with Crippen molar-refractivity contribution in [2.45, 2.75) is 65.3 Å². The van der Waals surface area contributed by atoms with E-state index in [-0.39, 0.29) is 36.5 Å². The average Bonchev–Trinajstić information content (AvgIpc) is 2.66. The zero-order valence-electron chi connectivity index (χ0n) is 18.0. The molecule has 0 aromatic carbocycles. The molecule has 0 saturated carbocycles. The van der Waals surface area contributed by atoms with E-state index in [9.17, 15) is 9.90 Å². The largest absolute Gasteiger partial charge is 0.396 e. The highest BCUT2D eigenvalue weighted by Gasteiger charge is 2.21. The summed E-state index contributed by atoms with van der Waals surface area (Å²) in [6, 6.07) is 0.389. The summed E-state index contributed by atoms with van der Waals surface area (Å²) in [7, 11) is 0. The second-order valence-corrected chi connectivity index (χ2v) is 7.43. The predicted octanol–water partition coefficient (Wildman–Crippen LogP) is 1.95. The first-order valence-electron chi connectivity index (χ1n) is 10.8. The van der Waals surface area contributed by atoms with Crippen molar-refractivity contribution in [3.8, 4) is 0 Å². The number of carbonyl (C=O) groups is 1. The van der Waals surface area contributed by atoms with Crippen LogP contribution >= 0.6 is 24.0 Å². The molecular formula is C20H42IN5O2. The summed E-state index contributed by atoms with van der Waals surface area (Å²) < 4.78 is 0. The van der Waals surface area contributed by atoms with E-state index in [1.54, 1.807) is 0 Å². The third-order valence-electron chi connectivity index (χ3n) is 4.95. The number of aliphatic hydroxyl groups is 1. The fourth-order valence-electron chi connectivity index (χ4n) is 3.41. The second-order valence-electron chi connectivity index (χ2n) is 7.43. The molecule has 1 rings (SSSR count). The van der Waals surface area contributed by atoms with Gasteiger partial charge in [-0.05, 0) is 44.9 Å². The van der Waals surface area contributed by atoms with Crippen LogP contribution in [0.3, 0.4) is 0 Å². The molecule has 1 unspecified atom stereocenters. The number of hydrogen-bond acceptors (Lipinski definition) is 4. The van der Waals surface area contributed by atoms with Gasteiger partial charge < -0.3 is 21.1 Å². The average molecular weight is 511 g/mol. The minimum atomic E-state index is 0. The van der Waals surface area contributed by atoms with Crippen molar-refractivity contribution in [2.75, 3.05) is 45.9 Å². The van der Waals surface area contributed by atoms with Crippen LogP contribution in [-0.4, -0.2) is 73.8 Å². The Morgan fingerprint density at radius 1 is 1.14 bits per heavy atom. The number of nitrogens with zero attached hydrogens (tertiary/aromatic N) is 2. The molecule has 1 amide bonds. The molecule has 166 valence electrons. The van der Waals surface area contributed by atoms with Crippen LogP contribution in [0.25, 0.3) is 0 Å². The van der Waals surface area contributed by atoms with Crippen molar-refractivity contribution < 1.29 is 9.90 Å². The lowest BCUT2D eigenvalue weighted by Gasteiger charge is -2.32. The van der Waals surface area contributed by atoms with Crippen molar-refractivity contribution in [1.29, 1.82) is 0 Å². The number of carbonyl (C=O) groups excluding carboxylic acids is 1. The summed E-state index contributed by atoms with van der Waals surface area (Å²) in [6.45, 7) is 11.2. The Hall–Kier alpha value is -0.610. The van der Waals surface area contributed by atoms with Crippen LogP contribution in [0.5, 0.6) is 0 Å². The van der Waals surface area contributed by atoms with E-state index < -0.39 is 0 Å². The number of hydrogen-bond donors (Lipinski definition) is 4. The van der Waals surface area contributed by atoms with Crippen LogP contribution in [0.15, 0.2) is 4.99 Å². The third-order valence-corrected chi connectivity index (χ3v) is 4.95. The number of guanidine groups is 1. The van der Waals surface area contributed by atoms with Gasteiger partial charge in [-0.3, -0.25) is 14.7 Å². The zero-order valence-corrected chi connectivity index (χ0v) is 20.3. The molecule has 1 aliphatic rings. The molecule has 0 spiro atoms. The number of piperidine rings is 1. The second kappa shape index (κ2) is 17.3. The number of rotatable bonds is 12. The molecule has 0 aliphatic carbocycles. The lowest BCUT2D eigenvalue weighted by Crippen LogP contribution is -2.50. The Kier molecular flexibility index (Phi) is 16.9. The fraction of sp³-hybridized carbons (Fsp3) is 0.900. The molecule has 4 N–H and O–H groups in total. The highest BCUT2D eigenvalue weighted by Crippen LogP contribution is 2.12. The molecule has 1 saturated heterocycles. The summed E-state index contributed by atoms with van der Waals surface area (Å²) in [5.41, 5.74) is 0. The maximum atomic E-state index is 11.9. The Morgan fingerprint density at radius 2 is 1.86 bits per heavy atom. The molecule has 28 heavy (non-hydrogen) atoms. The van der Waals surface area contributed by atoms with Crippen LogP contribution in [0, 0.1) is 5.92 Å². The summed E-state index contributed by atoms with van der Waals surface area (Å²) in [4.78, 5) is 18.8. The lowest BCUT2D eigenvalue weighted by molar-refractivity contribution is -0.122. The monoisotopic (exact) mass is 511 g/mol. The molecule has 1 fully saturated rings. The number of amides is 1. The van der Waals surface area contributed by atoms with Crippen molar-refractivity contribution in [2.24, 2.45) is 10.9 Å². The lowest BCUT2D eigenvalue weighted by atomic mass is 10.0. The number of likely N-dealkylation sites (tertiary alicyclic amines) is 1. The first-order chi connectivity index (χ1) is 13.1.